The lowest BCUT2D eigenvalue weighted by Crippen LogP contribution is -2.24. The molecule has 1 aromatic rings. The van der Waals surface area contributed by atoms with E-state index in [9.17, 15) is 0 Å². The summed E-state index contributed by atoms with van der Waals surface area (Å²) in [6.45, 7) is 6.47. The summed E-state index contributed by atoms with van der Waals surface area (Å²) in [5.74, 6) is 0. The van der Waals surface area contributed by atoms with Crippen molar-refractivity contribution in [2.24, 2.45) is 5.73 Å². The molecule has 3 unspecified atom stereocenters. The molecule has 1 rings (SSSR count). The molecule has 0 aromatic heterocycles. The van der Waals surface area contributed by atoms with Crippen molar-refractivity contribution in [1.29, 1.82) is 0 Å². The number of hydrogen-bond acceptors (Lipinski definition) is 2. The molecule has 2 N–H and O–H groups in total. The Labute approximate surface area is 108 Å². The molecular weight excluding hydrogens is 238 g/mol. The van der Waals surface area contributed by atoms with Gasteiger partial charge in [0, 0.05) is 21.6 Å². The van der Waals surface area contributed by atoms with Crippen molar-refractivity contribution in [3.8, 4) is 0 Å². The molecule has 1 aromatic carbocycles. The fourth-order valence-electron chi connectivity index (χ4n) is 1.53. The summed E-state index contributed by atoms with van der Waals surface area (Å²) in [7, 11) is 0. The normalized spacial score (nSPS) is 16.8. The molecule has 0 fully saturated rings. The van der Waals surface area contributed by atoms with Crippen LogP contribution in [0.4, 0.5) is 0 Å². The van der Waals surface area contributed by atoms with E-state index in [-0.39, 0.29) is 11.3 Å². The molecule has 0 aliphatic carbocycles. The standard InChI is InChI=1S/C13H20ClNS/c1-4-9(2)16-13(10(3)15)11-7-5-6-8-12(11)14/h5-10,13H,4,15H2,1-3H3. The van der Waals surface area contributed by atoms with E-state index in [1.165, 1.54) is 0 Å². The first-order valence-corrected chi connectivity index (χ1v) is 7.03. The van der Waals surface area contributed by atoms with Gasteiger partial charge in [0.25, 0.3) is 0 Å². The molecule has 0 radical (unpaired) electrons. The quantitative estimate of drug-likeness (QED) is 0.853. The number of thioether (sulfide) groups is 1. The van der Waals surface area contributed by atoms with Gasteiger partial charge >= 0.3 is 0 Å². The van der Waals surface area contributed by atoms with Crippen molar-refractivity contribution in [3.05, 3.63) is 34.9 Å². The first kappa shape index (κ1) is 13.9. The second-order valence-corrected chi connectivity index (χ2v) is 6.15. The van der Waals surface area contributed by atoms with E-state index < -0.39 is 0 Å². The van der Waals surface area contributed by atoms with Crippen LogP contribution in [0.1, 0.15) is 38.0 Å². The summed E-state index contributed by atoms with van der Waals surface area (Å²) in [6, 6.07) is 8.10. The van der Waals surface area contributed by atoms with Gasteiger partial charge in [-0.25, -0.2) is 0 Å². The smallest absolute Gasteiger partial charge is 0.0463 e. The number of nitrogens with two attached hydrogens (primary N) is 1. The van der Waals surface area contributed by atoms with Crippen molar-refractivity contribution in [2.45, 2.75) is 43.7 Å². The Morgan fingerprint density at radius 2 is 1.94 bits per heavy atom. The van der Waals surface area contributed by atoms with Gasteiger partial charge in [0.15, 0.2) is 0 Å². The molecule has 0 spiro atoms. The van der Waals surface area contributed by atoms with Gasteiger partial charge in [0.2, 0.25) is 0 Å². The predicted octanol–water partition coefficient (Wildman–Crippen LogP) is 4.26. The van der Waals surface area contributed by atoms with Crippen LogP contribution < -0.4 is 5.73 Å². The van der Waals surface area contributed by atoms with Crippen LogP contribution in [0, 0.1) is 0 Å². The van der Waals surface area contributed by atoms with Crippen molar-refractivity contribution in [2.75, 3.05) is 0 Å². The van der Waals surface area contributed by atoms with Crippen molar-refractivity contribution in [1.82, 2.24) is 0 Å². The maximum atomic E-state index is 6.22. The summed E-state index contributed by atoms with van der Waals surface area (Å²) >= 11 is 8.13. The molecular formula is C13H20ClNS. The Hall–Kier alpha value is -0.180. The second-order valence-electron chi connectivity index (χ2n) is 4.16. The third kappa shape index (κ3) is 3.69. The minimum atomic E-state index is 0.110. The van der Waals surface area contributed by atoms with Gasteiger partial charge in [-0.05, 0) is 25.0 Å². The van der Waals surface area contributed by atoms with Crippen molar-refractivity contribution in [3.63, 3.8) is 0 Å². The summed E-state index contributed by atoms with van der Waals surface area (Å²) < 4.78 is 0. The van der Waals surface area contributed by atoms with Crippen LogP contribution in [0.2, 0.25) is 5.02 Å². The van der Waals surface area contributed by atoms with Gasteiger partial charge < -0.3 is 5.73 Å². The average Bonchev–Trinajstić information content (AvgIpc) is 2.26. The summed E-state index contributed by atoms with van der Waals surface area (Å²) in [5, 5.41) is 1.71. The third-order valence-electron chi connectivity index (χ3n) is 2.64. The Balaban J connectivity index is 2.90. The van der Waals surface area contributed by atoms with Gasteiger partial charge in [0.05, 0.1) is 0 Å². The zero-order valence-corrected chi connectivity index (χ0v) is 11.7. The van der Waals surface area contributed by atoms with Crippen LogP contribution in [0.3, 0.4) is 0 Å². The fraction of sp³-hybridized carbons (Fsp3) is 0.538. The van der Waals surface area contributed by atoms with Crippen molar-refractivity contribution >= 4 is 23.4 Å². The molecule has 0 aliphatic heterocycles. The van der Waals surface area contributed by atoms with Gasteiger partial charge in [0.1, 0.15) is 0 Å². The van der Waals surface area contributed by atoms with Crippen LogP contribution in [0.5, 0.6) is 0 Å². The highest BCUT2D eigenvalue weighted by Gasteiger charge is 2.21. The molecule has 0 aliphatic rings. The molecule has 90 valence electrons. The van der Waals surface area contributed by atoms with E-state index in [0.29, 0.717) is 5.25 Å². The highest BCUT2D eigenvalue weighted by molar-refractivity contribution is 8.00. The SMILES string of the molecule is CCC(C)SC(c1ccccc1Cl)C(C)N. The fourth-order valence-corrected chi connectivity index (χ4v) is 3.14. The Morgan fingerprint density at radius 3 is 2.44 bits per heavy atom. The average molecular weight is 258 g/mol. The van der Waals surface area contributed by atoms with Crippen molar-refractivity contribution < 1.29 is 0 Å². The first-order valence-electron chi connectivity index (χ1n) is 5.71. The number of benzene rings is 1. The highest BCUT2D eigenvalue weighted by Crippen LogP contribution is 2.38. The lowest BCUT2D eigenvalue weighted by atomic mass is 10.1. The van der Waals surface area contributed by atoms with E-state index in [1.807, 2.05) is 36.9 Å². The molecule has 3 heteroatoms. The molecule has 16 heavy (non-hydrogen) atoms. The summed E-state index contributed by atoms with van der Waals surface area (Å²) in [6.07, 6.45) is 1.15. The van der Waals surface area contributed by atoms with E-state index in [2.05, 4.69) is 19.9 Å². The van der Waals surface area contributed by atoms with Gasteiger partial charge in [-0.15, -0.1) is 11.8 Å². The first-order chi connectivity index (χ1) is 7.56. The Morgan fingerprint density at radius 1 is 1.31 bits per heavy atom. The molecule has 0 saturated carbocycles. The molecule has 1 nitrogen and oxygen atoms in total. The lowest BCUT2D eigenvalue weighted by molar-refractivity contribution is 0.715. The van der Waals surface area contributed by atoms with Crippen LogP contribution >= 0.6 is 23.4 Å². The Kier molecular flexibility index (Phi) is 5.67. The zero-order valence-electron chi connectivity index (χ0n) is 10.1. The molecule has 0 heterocycles. The van der Waals surface area contributed by atoms with E-state index in [1.54, 1.807) is 0 Å². The zero-order chi connectivity index (χ0) is 12.1. The molecule has 0 saturated heterocycles. The molecule has 0 amide bonds. The van der Waals surface area contributed by atoms with Crippen LogP contribution in [-0.4, -0.2) is 11.3 Å². The largest absolute Gasteiger partial charge is 0.327 e. The van der Waals surface area contributed by atoms with Crippen LogP contribution in [0.15, 0.2) is 24.3 Å². The lowest BCUT2D eigenvalue weighted by Gasteiger charge is -2.24. The third-order valence-corrected chi connectivity index (χ3v) is 4.76. The topological polar surface area (TPSA) is 26.0 Å². The van der Waals surface area contributed by atoms with Crippen LogP contribution in [0.25, 0.3) is 0 Å². The minimum absolute atomic E-state index is 0.110. The summed E-state index contributed by atoms with van der Waals surface area (Å²) in [5.41, 5.74) is 7.22. The maximum Gasteiger partial charge on any atom is 0.0463 e. The van der Waals surface area contributed by atoms with Gasteiger partial charge in [-0.2, -0.15) is 0 Å². The second kappa shape index (κ2) is 6.53. The monoisotopic (exact) mass is 257 g/mol. The number of rotatable bonds is 5. The maximum absolute atomic E-state index is 6.22. The van der Waals surface area contributed by atoms with Gasteiger partial charge in [-0.3, -0.25) is 0 Å². The van der Waals surface area contributed by atoms with E-state index >= 15 is 0 Å². The molecule has 3 atom stereocenters. The highest BCUT2D eigenvalue weighted by atomic mass is 35.5. The predicted molar refractivity (Wildman–Crippen MR) is 75.2 cm³/mol. The van der Waals surface area contributed by atoms with E-state index in [0.717, 1.165) is 17.0 Å². The van der Waals surface area contributed by atoms with Crippen LogP contribution in [-0.2, 0) is 0 Å². The minimum Gasteiger partial charge on any atom is -0.327 e. The number of halogens is 1. The van der Waals surface area contributed by atoms with E-state index in [4.69, 9.17) is 17.3 Å². The van der Waals surface area contributed by atoms with Gasteiger partial charge in [-0.1, -0.05) is 43.6 Å². The number of hydrogen-bond donors (Lipinski definition) is 1. The Bertz CT molecular complexity index is 327. The molecule has 0 bridgehead atoms. The summed E-state index contributed by atoms with van der Waals surface area (Å²) in [4.78, 5) is 0.